The Bertz CT molecular complexity index is 568. The van der Waals surface area contributed by atoms with Gasteiger partial charge in [-0.05, 0) is 17.2 Å². The third-order valence-electron chi connectivity index (χ3n) is 2.68. The Kier molecular flexibility index (Phi) is 10.1. The second-order valence-electron chi connectivity index (χ2n) is 4.31. The lowest BCUT2D eigenvalue weighted by Crippen LogP contribution is -2.05. The van der Waals surface area contributed by atoms with Crippen LogP contribution < -0.4 is 0 Å². The van der Waals surface area contributed by atoms with Gasteiger partial charge in [-0.15, -0.1) is 0 Å². The first kappa shape index (κ1) is 19.2. The van der Waals surface area contributed by atoms with E-state index in [4.69, 9.17) is 4.74 Å². The Morgan fingerprint density at radius 2 is 1.55 bits per heavy atom. The monoisotopic (exact) mass is 520 g/mol. The molecule has 0 amide bonds. The van der Waals surface area contributed by atoms with Crippen molar-refractivity contribution in [3.05, 3.63) is 77.9 Å². The van der Waals surface area contributed by atoms with Crippen LogP contribution in [0.5, 0.6) is 0 Å². The molecule has 0 aromatic heterocycles. The van der Waals surface area contributed by atoms with Crippen LogP contribution >= 0.6 is 45.2 Å². The highest BCUT2D eigenvalue weighted by atomic mass is 127. The molecule has 1 unspecified atom stereocenters. The molecule has 2 nitrogen and oxygen atoms in total. The third kappa shape index (κ3) is 7.93. The van der Waals surface area contributed by atoms with Gasteiger partial charge in [0.2, 0.25) is 0 Å². The van der Waals surface area contributed by atoms with Gasteiger partial charge >= 0.3 is 5.97 Å². The van der Waals surface area contributed by atoms with Crippen LogP contribution in [-0.2, 0) is 9.53 Å². The fourth-order valence-electron chi connectivity index (χ4n) is 1.80. The molecule has 2 rings (SSSR count). The predicted molar refractivity (Wildman–Crippen MR) is 109 cm³/mol. The van der Waals surface area contributed by atoms with E-state index in [-0.39, 0.29) is 12.1 Å². The fraction of sp³-hybridized carbons (Fsp3) is 0.167. The first-order chi connectivity index (χ1) is 10.7. The Labute approximate surface area is 159 Å². The number of halogens is 2. The minimum Gasteiger partial charge on any atom is -0.453 e. The summed E-state index contributed by atoms with van der Waals surface area (Å²) in [6.45, 7) is 1.42. The normalized spacial score (nSPS) is 11.4. The highest BCUT2D eigenvalue weighted by molar-refractivity contribution is 14.2. The van der Waals surface area contributed by atoms with Crippen molar-refractivity contribution in [2.45, 2.75) is 13.0 Å². The molecule has 22 heavy (non-hydrogen) atoms. The number of alkyl halides is 2. The Hall–Kier alpha value is -0.890. The molecule has 0 saturated heterocycles. The topological polar surface area (TPSA) is 26.3 Å². The van der Waals surface area contributed by atoms with Crippen molar-refractivity contribution in [2.24, 2.45) is 0 Å². The van der Waals surface area contributed by atoms with E-state index in [0.717, 1.165) is 11.1 Å². The molecule has 0 N–H and O–H groups in total. The average molecular weight is 520 g/mol. The van der Waals surface area contributed by atoms with Crippen LogP contribution in [0.4, 0.5) is 0 Å². The largest absolute Gasteiger partial charge is 0.453 e. The molecule has 0 heterocycles. The molecule has 0 fully saturated rings. The highest BCUT2D eigenvalue weighted by Gasteiger charge is 2.10. The summed E-state index contributed by atoms with van der Waals surface area (Å²) in [5.41, 5.74) is 2.04. The number of esters is 1. The van der Waals surface area contributed by atoms with Gasteiger partial charge < -0.3 is 4.74 Å². The van der Waals surface area contributed by atoms with E-state index in [1.54, 1.807) is 0 Å². The molecule has 2 aromatic rings. The summed E-state index contributed by atoms with van der Waals surface area (Å²) in [6.07, 6.45) is 3.51. The number of benzene rings is 2. The summed E-state index contributed by atoms with van der Waals surface area (Å²) in [5, 5.41) is 0. The molecule has 1 atom stereocenters. The molecule has 116 valence electrons. The molecule has 0 spiro atoms. The highest BCUT2D eigenvalue weighted by Crippen LogP contribution is 2.20. The van der Waals surface area contributed by atoms with E-state index < -0.39 is 0 Å². The van der Waals surface area contributed by atoms with Crippen LogP contribution in [0.25, 0.3) is 6.08 Å². The Morgan fingerprint density at radius 3 is 2.05 bits per heavy atom. The van der Waals surface area contributed by atoms with Crippen molar-refractivity contribution in [1.82, 2.24) is 0 Å². The van der Waals surface area contributed by atoms with Gasteiger partial charge in [-0.25, -0.2) is 0 Å². The van der Waals surface area contributed by atoms with Crippen LogP contribution in [0.15, 0.2) is 66.7 Å². The van der Waals surface area contributed by atoms with Crippen molar-refractivity contribution in [2.75, 3.05) is 2.43 Å². The summed E-state index contributed by atoms with van der Waals surface area (Å²) in [6, 6.07) is 19.6. The van der Waals surface area contributed by atoms with E-state index >= 15 is 0 Å². The summed E-state index contributed by atoms with van der Waals surface area (Å²) >= 11 is 4.55. The van der Waals surface area contributed by atoms with Gasteiger partial charge in [0.15, 0.2) is 0 Å². The molecule has 0 saturated carbocycles. The number of carbonyl (C=O) groups is 1. The van der Waals surface area contributed by atoms with Gasteiger partial charge in [-0.3, -0.25) is 4.79 Å². The van der Waals surface area contributed by atoms with Crippen LogP contribution in [-0.4, -0.2) is 8.40 Å². The minimum absolute atomic E-state index is 0.286. The molecule has 0 aliphatic heterocycles. The van der Waals surface area contributed by atoms with Gasteiger partial charge in [-0.1, -0.05) is 112 Å². The second kappa shape index (κ2) is 11.6. The zero-order chi connectivity index (χ0) is 16.2. The molecule has 0 radical (unpaired) electrons. The zero-order valence-electron chi connectivity index (χ0n) is 12.3. The average Bonchev–Trinajstić information content (AvgIpc) is 2.54. The number of rotatable bonds is 4. The lowest BCUT2D eigenvalue weighted by molar-refractivity contribution is -0.144. The standard InChI is InChI=1S/C17H16O2.CH2I2/c1-14(18)19-17(16-10-6-3-7-11-16)13-12-15-8-4-2-5-9-15;2-1-3/h2-13,17H,1H3;1H2/b13-12+;. The SMILES string of the molecule is CC(=O)OC(/C=C/c1ccccc1)c1ccccc1.ICI. The zero-order valence-corrected chi connectivity index (χ0v) is 16.6. The summed E-state index contributed by atoms with van der Waals surface area (Å²) < 4.78 is 6.52. The van der Waals surface area contributed by atoms with E-state index in [2.05, 4.69) is 45.2 Å². The fourth-order valence-corrected chi connectivity index (χ4v) is 1.80. The maximum Gasteiger partial charge on any atom is 0.303 e. The van der Waals surface area contributed by atoms with Crippen LogP contribution in [0, 0.1) is 0 Å². The van der Waals surface area contributed by atoms with Crippen LogP contribution in [0.3, 0.4) is 0 Å². The quantitative estimate of drug-likeness (QED) is 0.289. The molecular formula is C18H18I2O2. The van der Waals surface area contributed by atoms with Crippen molar-refractivity contribution >= 4 is 57.2 Å². The van der Waals surface area contributed by atoms with E-state index in [1.165, 1.54) is 9.36 Å². The second-order valence-corrected chi connectivity index (χ2v) is 8.76. The van der Waals surface area contributed by atoms with Gasteiger partial charge in [-0.2, -0.15) is 0 Å². The Morgan fingerprint density at radius 1 is 1.05 bits per heavy atom. The first-order valence-electron chi connectivity index (χ1n) is 6.74. The van der Waals surface area contributed by atoms with Crippen LogP contribution in [0.1, 0.15) is 24.2 Å². The number of hydrogen-bond acceptors (Lipinski definition) is 2. The molecule has 0 aliphatic rings. The predicted octanol–water partition coefficient (Wildman–Crippen LogP) is 5.82. The minimum atomic E-state index is -0.348. The van der Waals surface area contributed by atoms with Crippen molar-refractivity contribution in [1.29, 1.82) is 0 Å². The smallest absolute Gasteiger partial charge is 0.303 e. The van der Waals surface area contributed by atoms with Gasteiger partial charge in [0, 0.05) is 6.92 Å². The van der Waals surface area contributed by atoms with Crippen molar-refractivity contribution < 1.29 is 9.53 Å². The van der Waals surface area contributed by atoms with E-state index in [0.29, 0.717) is 0 Å². The van der Waals surface area contributed by atoms with Gasteiger partial charge in [0.1, 0.15) is 6.10 Å². The molecular weight excluding hydrogens is 502 g/mol. The lowest BCUT2D eigenvalue weighted by atomic mass is 10.1. The third-order valence-corrected chi connectivity index (χ3v) is 2.68. The first-order valence-corrected chi connectivity index (χ1v) is 9.80. The van der Waals surface area contributed by atoms with E-state index in [1.807, 2.05) is 72.8 Å². The van der Waals surface area contributed by atoms with E-state index in [9.17, 15) is 4.79 Å². The summed E-state index contributed by atoms with van der Waals surface area (Å²) in [5.74, 6) is -0.286. The number of carbonyl (C=O) groups excluding carboxylic acids is 1. The Balaban J connectivity index is 0.000000745. The summed E-state index contributed by atoms with van der Waals surface area (Å²) in [4.78, 5) is 11.2. The maximum atomic E-state index is 11.2. The molecule has 2 aromatic carbocycles. The molecule has 0 bridgehead atoms. The number of ether oxygens (including phenoxy) is 1. The maximum absolute atomic E-state index is 11.2. The van der Waals surface area contributed by atoms with Gasteiger partial charge in [0.25, 0.3) is 0 Å². The molecule has 4 heteroatoms. The van der Waals surface area contributed by atoms with Crippen molar-refractivity contribution in [3.63, 3.8) is 0 Å². The molecule has 0 aliphatic carbocycles. The summed E-state index contributed by atoms with van der Waals surface area (Å²) in [7, 11) is 0. The van der Waals surface area contributed by atoms with Crippen LogP contribution in [0.2, 0.25) is 0 Å². The number of hydrogen-bond donors (Lipinski definition) is 0. The van der Waals surface area contributed by atoms with Gasteiger partial charge in [0.05, 0.1) is 2.43 Å². The lowest BCUT2D eigenvalue weighted by Gasteiger charge is -2.13. The van der Waals surface area contributed by atoms with Crippen molar-refractivity contribution in [3.8, 4) is 0 Å².